The minimum absolute atomic E-state index is 0.0352. The zero-order valence-electron chi connectivity index (χ0n) is 14.3. The van der Waals surface area contributed by atoms with Gasteiger partial charge in [-0.25, -0.2) is 4.39 Å². The molecular formula is C21H20FNO3. The molecule has 2 fully saturated rings. The summed E-state index contributed by atoms with van der Waals surface area (Å²) in [6, 6.07) is 12.2. The van der Waals surface area contributed by atoms with Gasteiger partial charge in [0.25, 0.3) is 5.79 Å². The minimum Gasteiger partial charge on any atom is -0.448 e. The van der Waals surface area contributed by atoms with Crippen LogP contribution < -0.4 is 14.8 Å². The molecule has 0 bridgehead atoms. The van der Waals surface area contributed by atoms with Crippen LogP contribution in [0.1, 0.15) is 43.6 Å². The number of anilines is 1. The van der Waals surface area contributed by atoms with E-state index in [1.165, 1.54) is 6.07 Å². The molecule has 5 heteroatoms. The Morgan fingerprint density at radius 2 is 1.85 bits per heavy atom. The molecule has 2 aromatic carbocycles. The van der Waals surface area contributed by atoms with E-state index in [0.29, 0.717) is 23.4 Å². The summed E-state index contributed by atoms with van der Waals surface area (Å²) in [5.41, 5.74) is 1.31. The molecule has 2 saturated carbocycles. The molecule has 134 valence electrons. The van der Waals surface area contributed by atoms with Gasteiger partial charge in [-0.05, 0) is 48.9 Å². The maximum atomic E-state index is 13.9. The van der Waals surface area contributed by atoms with Crippen molar-refractivity contribution < 1.29 is 18.7 Å². The smallest absolute Gasteiger partial charge is 0.251 e. The van der Waals surface area contributed by atoms with Crippen molar-refractivity contribution in [1.29, 1.82) is 0 Å². The zero-order valence-corrected chi connectivity index (χ0v) is 14.3. The summed E-state index contributed by atoms with van der Waals surface area (Å²) in [6.07, 6.45) is 4.69. The van der Waals surface area contributed by atoms with Crippen LogP contribution in [-0.2, 0) is 4.79 Å². The van der Waals surface area contributed by atoms with Gasteiger partial charge < -0.3 is 14.8 Å². The molecule has 26 heavy (non-hydrogen) atoms. The first kappa shape index (κ1) is 15.7. The molecule has 0 saturated heterocycles. The summed E-state index contributed by atoms with van der Waals surface area (Å²) < 4.78 is 25.9. The SMILES string of the molecule is O=C(Nc1ccc2c(c1)OC1(CCCC1)O2)C1CC1c1ccccc1F. The summed E-state index contributed by atoms with van der Waals surface area (Å²) in [5, 5.41) is 2.93. The first-order chi connectivity index (χ1) is 12.6. The number of benzene rings is 2. The second-order valence-electron chi connectivity index (χ2n) is 7.44. The van der Waals surface area contributed by atoms with Gasteiger partial charge in [-0.2, -0.15) is 0 Å². The van der Waals surface area contributed by atoms with Crippen molar-refractivity contribution >= 4 is 11.6 Å². The highest BCUT2D eigenvalue weighted by Gasteiger charge is 2.46. The van der Waals surface area contributed by atoms with E-state index in [9.17, 15) is 9.18 Å². The first-order valence-corrected chi connectivity index (χ1v) is 9.21. The highest BCUT2D eigenvalue weighted by molar-refractivity contribution is 5.95. The largest absolute Gasteiger partial charge is 0.448 e. The number of nitrogens with one attached hydrogen (secondary N) is 1. The lowest BCUT2D eigenvalue weighted by Gasteiger charge is -2.21. The third-order valence-corrected chi connectivity index (χ3v) is 5.60. The average Bonchev–Trinajstić information content (AvgIpc) is 3.17. The molecule has 1 aliphatic heterocycles. The Bertz CT molecular complexity index is 875. The standard InChI is InChI=1S/C21H20FNO3/c22-17-6-2-1-5-14(17)15-12-16(15)20(24)23-13-7-8-18-19(11-13)26-21(25-18)9-3-4-10-21/h1-2,5-8,11,15-16H,3-4,9-10,12H2,(H,23,24). The quantitative estimate of drug-likeness (QED) is 0.877. The fourth-order valence-corrected chi connectivity index (χ4v) is 4.13. The molecule has 2 aliphatic carbocycles. The predicted molar refractivity (Wildman–Crippen MR) is 94.8 cm³/mol. The summed E-state index contributed by atoms with van der Waals surface area (Å²) in [7, 11) is 0. The molecule has 2 unspecified atom stereocenters. The van der Waals surface area contributed by atoms with E-state index < -0.39 is 5.79 Å². The van der Waals surface area contributed by atoms with Crippen molar-refractivity contribution in [3.05, 3.63) is 53.8 Å². The van der Waals surface area contributed by atoms with Gasteiger partial charge in [-0.15, -0.1) is 0 Å². The molecular weight excluding hydrogens is 333 g/mol. The lowest BCUT2D eigenvalue weighted by Crippen LogP contribution is -2.34. The van der Waals surface area contributed by atoms with Crippen LogP contribution in [0.4, 0.5) is 10.1 Å². The predicted octanol–water partition coefficient (Wildman–Crippen LogP) is 4.61. The minimum atomic E-state index is -0.503. The molecule has 2 aromatic rings. The highest BCUT2D eigenvalue weighted by atomic mass is 19.1. The second kappa shape index (κ2) is 5.73. The van der Waals surface area contributed by atoms with Gasteiger partial charge >= 0.3 is 0 Å². The normalized spacial score (nSPS) is 24.7. The topological polar surface area (TPSA) is 47.6 Å². The van der Waals surface area contributed by atoms with Gasteiger partial charge in [-0.3, -0.25) is 4.79 Å². The van der Waals surface area contributed by atoms with Gasteiger partial charge in [0.1, 0.15) is 5.82 Å². The summed E-state index contributed by atoms with van der Waals surface area (Å²) >= 11 is 0. The Morgan fingerprint density at radius 3 is 2.65 bits per heavy atom. The van der Waals surface area contributed by atoms with Crippen LogP contribution in [-0.4, -0.2) is 11.7 Å². The Kier molecular flexibility index (Phi) is 3.45. The fourth-order valence-electron chi connectivity index (χ4n) is 4.13. The van der Waals surface area contributed by atoms with Crippen molar-refractivity contribution in [2.24, 2.45) is 5.92 Å². The van der Waals surface area contributed by atoms with Gasteiger partial charge in [0.2, 0.25) is 5.91 Å². The second-order valence-corrected chi connectivity index (χ2v) is 7.44. The number of amides is 1. The molecule has 1 spiro atoms. The highest BCUT2D eigenvalue weighted by Crippen LogP contribution is 2.50. The summed E-state index contributed by atoms with van der Waals surface area (Å²) in [6.45, 7) is 0. The van der Waals surface area contributed by atoms with Gasteiger partial charge in [0.15, 0.2) is 11.5 Å². The number of carbonyl (C=O) groups is 1. The number of fused-ring (bicyclic) bond motifs is 1. The van der Waals surface area contributed by atoms with Crippen LogP contribution in [0.2, 0.25) is 0 Å². The maximum absolute atomic E-state index is 13.9. The van der Waals surface area contributed by atoms with E-state index in [0.717, 1.165) is 31.4 Å². The van der Waals surface area contributed by atoms with Crippen LogP contribution in [0.5, 0.6) is 11.5 Å². The van der Waals surface area contributed by atoms with Gasteiger partial charge in [0, 0.05) is 30.5 Å². The lowest BCUT2D eigenvalue weighted by atomic mass is 10.1. The third kappa shape index (κ3) is 2.62. The van der Waals surface area contributed by atoms with Crippen LogP contribution >= 0.6 is 0 Å². The molecule has 3 aliphatic rings. The number of rotatable bonds is 3. The molecule has 1 N–H and O–H groups in total. The number of ether oxygens (including phenoxy) is 2. The van der Waals surface area contributed by atoms with Crippen molar-refractivity contribution in [2.45, 2.75) is 43.8 Å². The van der Waals surface area contributed by atoms with Crippen molar-refractivity contribution in [3.8, 4) is 11.5 Å². The average molecular weight is 353 g/mol. The van der Waals surface area contributed by atoms with Crippen LogP contribution in [0.25, 0.3) is 0 Å². The van der Waals surface area contributed by atoms with Crippen LogP contribution in [0, 0.1) is 11.7 Å². The maximum Gasteiger partial charge on any atom is 0.251 e. The van der Waals surface area contributed by atoms with Crippen molar-refractivity contribution in [2.75, 3.05) is 5.32 Å². The van der Waals surface area contributed by atoms with Crippen LogP contribution in [0.3, 0.4) is 0 Å². The van der Waals surface area contributed by atoms with Crippen molar-refractivity contribution in [3.63, 3.8) is 0 Å². The molecule has 1 amide bonds. The zero-order chi connectivity index (χ0) is 17.7. The Labute approximate surface area is 151 Å². The summed E-state index contributed by atoms with van der Waals surface area (Å²) in [4.78, 5) is 12.5. The fraction of sp³-hybridized carbons (Fsp3) is 0.381. The Balaban J connectivity index is 1.27. The number of hydrogen-bond acceptors (Lipinski definition) is 3. The van der Waals surface area contributed by atoms with Crippen molar-refractivity contribution in [1.82, 2.24) is 0 Å². The molecule has 5 rings (SSSR count). The Hall–Kier alpha value is -2.56. The van der Waals surface area contributed by atoms with E-state index in [1.54, 1.807) is 12.1 Å². The first-order valence-electron chi connectivity index (χ1n) is 9.21. The van der Waals surface area contributed by atoms with Gasteiger partial charge in [0.05, 0.1) is 0 Å². The third-order valence-electron chi connectivity index (χ3n) is 5.60. The van der Waals surface area contributed by atoms with E-state index in [2.05, 4.69) is 5.32 Å². The number of hydrogen-bond donors (Lipinski definition) is 1. The monoisotopic (exact) mass is 353 g/mol. The van der Waals surface area contributed by atoms with E-state index in [4.69, 9.17) is 9.47 Å². The molecule has 2 atom stereocenters. The molecule has 1 heterocycles. The van der Waals surface area contributed by atoms with Gasteiger partial charge in [-0.1, -0.05) is 18.2 Å². The number of halogens is 1. The lowest BCUT2D eigenvalue weighted by molar-refractivity contribution is -0.117. The van der Waals surface area contributed by atoms with E-state index in [1.807, 2.05) is 24.3 Å². The molecule has 0 aromatic heterocycles. The van der Waals surface area contributed by atoms with E-state index >= 15 is 0 Å². The number of carbonyl (C=O) groups excluding carboxylic acids is 1. The van der Waals surface area contributed by atoms with E-state index in [-0.39, 0.29) is 23.6 Å². The molecule has 4 nitrogen and oxygen atoms in total. The molecule has 0 radical (unpaired) electrons. The van der Waals surface area contributed by atoms with Crippen LogP contribution in [0.15, 0.2) is 42.5 Å². The Morgan fingerprint density at radius 1 is 1.08 bits per heavy atom. The summed E-state index contributed by atoms with van der Waals surface area (Å²) in [5.74, 6) is 0.389.